The number of hydrogen-bond donors (Lipinski definition) is 1. The number of rotatable bonds is 0. The summed E-state index contributed by atoms with van der Waals surface area (Å²) in [5, 5.41) is 0. The first-order valence-electron chi connectivity index (χ1n) is 5.99. The summed E-state index contributed by atoms with van der Waals surface area (Å²) in [7, 11) is 0. The first-order chi connectivity index (χ1) is 6.48. The van der Waals surface area contributed by atoms with Gasteiger partial charge in [-0.15, -0.1) is 0 Å². The summed E-state index contributed by atoms with van der Waals surface area (Å²) in [6.45, 7) is 9.46. The average Bonchev–Trinajstić information content (AvgIpc) is 2.48. The molecule has 2 fully saturated rings. The van der Waals surface area contributed by atoms with E-state index in [0.717, 1.165) is 11.8 Å². The SMILES string of the molecule is CC(C)(C)N1C[C@H]2CCC[C@@H](N)[C@H]2C1. The smallest absolute Gasteiger partial charge is 0.0125 e. The van der Waals surface area contributed by atoms with Gasteiger partial charge in [0.25, 0.3) is 0 Å². The Bertz CT molecular complexity index is 207. The molecule has 2 heteroatoms. The zero-order chi connectivity index (χ0) is 10.3. The van der Waals surface area contributed by atoms with Crippen molar-refractivity contribution in [3.63, 3.8) is 0 Å². The molecule has 0 spiro atoms. The molecular weight excluding hydrogens is 172 g/mol. The Balaban J connectivity index is 2.04. The second kappa shape index (κ2) is 3.49. The summed E-state index contributed by atoms with van der Waals surface area (Å²) in [6, 6.07) is 0.473. The molecule has 1 aliphatic carbocycles. The van der Waals surface area contributed by atoms with E-state index in [1.54, 1.807) is 0 Å². The molecule has 1 saturated heterocycles. The van der Waals surface area contributed by atoms with Gasteiger partial charge in [-0.05, 0) is 45.4 Å². The Morgan fingerprint density at radius 1 is 1.14 bits per heavy atom. The van der Waals surface area contributed by atoms with Crippen LogP contribution >= 0.6 is 0 Å². The first kappa shape index (κ1) is 10.4. The Labute approximate surface area is 87.8 Å². The fraction of sp³-hybridized carbons (Fsp3) is 1.00. The van der Waals surface area contributed by atoms with Crippen LogP contribution in [0.1, 0.15) is 40.0 Å². The summed E-state index contributed by atoms with van der Waals surface area (Å²) >= 11 is 0. The lowest BCUT2D eigenvalue weighted by Gasteiger charge is -2.32. The van der Waals surface area contributed by atoms with Gasteiger partial charge in [0.15, 0.2) is 0 Å². The highest BCUT2D eigenvalue weighted by Crippen LogP contribution is 2.37. The molecule has 0 aromatic carbocycles. The van der Waals surface area contributed by atoms with E-state index in [2.05, 4.69) is 25.7 Å². The molecule has 0 unspecified atom stereocenters. The van der Waals surface area contributed by atoms with Gasteiger partial charge >= 0.3 is 0 Å². The summed E-state index contributed by atoms with van der Waals surface area (Å²) < 4.78 is 0. The largest absolute Gasteiger partial charge is 0.327 e. The van der Waals surface area contributed by atoms with Gasteiger partial charge in [0.1, 0.15) is 0 Å². The average molecular weight is 196 g/mol. The van der Waals surface area contributed by atoms with Crippen LogP contribution in [0.2, 0.25) is 0 Å². The van der Waals surface area contributed by atoms with E-state index < -0.39 is 0 Å². The van der Waals surface area contributed by atoms with Gasteiger partial charge in [0.2, 0.25) is 0 Å². The van der Waals surface area contributed by atoms with Crippen molar-refractivity contribution in [2.75, 3.05) is 13.1 Å². The van der Waals surface area contributed by atoms with Crippen molar-refractivity contribution in [3.05, 3.63) is 0 Å². The van der Waals surface area contributed by atoms with Crippen LogP contribution < -0.4 is 5.73 Å². The Kier molecular flexibility index (Phi) is 2.61. The van der Waals surface area contributed by atoms with Gasteiger partial charge in [-0.1, -0.05) is 6.42 Å². The number of fused-ring (bicyclic) bond motifs is 1. The molecule has 2 rings (SSSR count). The van der Waals surface area contributed by atoms with Crippen molar-refractivity contribution in [1.82, 2.24) is 4.90 Å². The summed E-state index contributed by atoms with van der Waals surface area (Å²) in [5.41, 5.74) is 6.53. The minimum atomic E-state index is 0.330. The van der Waals surface area contributed by atoms with Crippen LogP contribution in [0.5, 0.6) is 0 Å². The van der Waals surface area contributed by atoms with E-state index in [4.69, 9.17) is 5.73 Å². The Morgan fingerprint density at radius 3 is 2.43 bits per heavy atom. The van der Waals surface area contributed by atoms with Crippen molar-refractivity contribution < 1.29 is 0 Å². The van der Waals surface area contributed by atoms with E-state index in [1.807, 2.05) is 0 Å². The molecule has 2 aliphatic rings. The molecule has 0 amide bonds. The maximum Gasteiger partial charge on any atom is 0.0125 e. The minimum Gasteiger partial charge on any atom is -0.327 e. The number of nitrogens with two attached hydrogens (primary N) is 1. The van der Waals surface area contributed by atoms with Crippen molar-refractivity contribution >= 4 is 0 Å². The van der Waals surface area contributed by atoms with Crippen LogP contribution in [0.15, 0.2) is 0 Å². The van der Waals surface area contributed by atoms with Gasteiger partial charge in [-0.3, -0.25) is 4.90 Å². The van der Waals surface area contributed by atoms with Gasteiger partial charge < -0.3 is 5.73 Å². The molecule has 1 heterocycles. The number of nitrogens with zero attached hydrogens (tertiary/aromatic N) is 1. The summed E-state index contributed by atoms with van der Waals surface area (Å²) in [5.74, 6) is 1.67. The van der Waals surface area contributed by atoms with Crippen LogP contribution in [-0.2, 0) is 0 Å². The fourth-order valence-electron chi connectivity index (χ4n) is 3.06. The molecule has 0 aromatic rings. The molecule has 2 nitrogen and oxygen atoms in total. The van der Waals surface area contributed by atoms with Crippen molar-refractivity contribution in [3.8, 4) is 0 Å². The predicted octanol–water partition coefficient (Wildman–Crippen LogP) is 1.84. The molecule has 0 aromatic heterocycles. The lowest BCUT2D eigenvalue weighted by molar-refractivity contribution is 0.164. The molecule has 0 radical (unpaired) electrons. The van der Waals surface area contributed by atoms with E-state index in [-0.39, 0.29) is 0 Å². The van der Waals surface area contributed by atoms with Gasteiger partial charge in [0, 0.05) is 24.7 Å². The zero-order valence-corrected chi connectivity index (χ0v) is 9.79. The van der Waals surface area contributed by atoms with Crippen molar-refractivity contribution in [1.29, 1.82) is 0 Å². The lowest BCUT2D eigenvalue weighted by atomic mass is 9.78. The fourth-order valence-corrected chi connectivity index (χ4v) is 3.06. The number of hydrogen-bond acceptors (Lipinski definition) is 2. The predicted molar refractivity (Wildman–Crippen MR) is 60.1 cm³/mol. The maximum absolute atomic E-state index is 6.20. The highest BCUT2D eigenvalue weighted by Gasteiger charge is 2.41. The highest BCUT2D eigenvalue weighted by atomic mass is 15.2. The monoisotopic (exact) mass is 196 g/mol. The second-order valence-corrected chi connectivity index (χ2v) is 6.09. The lowest BCUT2D eigenvalue weighted by Crippen LogP contribution is -2.41. The molecule has 0 bridgehead atoms. The van der Waals surface area contributed by atoms with E-state index in [1.165, 1.54) is 32.4 Å². The Hall–Kier alpha value is -0.0800. The molecular formula is C12H24N2. The van der Waals surface area contributed by atoms with Crippen molar-refractivity contribution in [2.24, 2.45) is 17.6 Å². The Morgan fingerprint density at radius 2 is 1.86 bits per heavy atom. The van der Waals surface area contributed by atoms with Gasteiger partial charge in [-0.2, -0.15) is 0 Å². The molecule has 1 saturated carbocycles. The summed E-state index contributed by atoms with van der Waals surface area (Å²) in [6.07, 6.45) is 4.00. The molecule has 2 N–H and O–H groups in total. The third-order valence-electron chi connectivity index (χ3n) is 4.10. The minimum absolute atomic E-state index is 0.330. The maximum atomic E-state index is 6.20. The first-order valence-corrected chi connectivity index (χ1v) is 5.99. The van der Waals surface area contributed by atoms with E-state index >= 15 is 0 Å². The van der Waals surface area contributed by atoms with Gasteiger partial charge in [-0.25, -0.2) is 0 Å². The molecule has 14 heavy (non-hydrogen) atoms. The standard InChI is InChI=1S/C12H24N2/c1-12(2,3)14-7-9-5-4-6-11(13)10(9)8-14/h9-11H,4-8,13H2,1-3H3/t9-,10+,11-/m1/s1. The summed E-state index contributed by atoms with van der Waals surface area (Å²) in [4.78, 5) is 2.62. The van der Waals surface area contributed by atoms with Crippen LogP contribution in [0.4, 0.5) is 0 Å². The topological polar surface area (TPSA) is 29.3 Å². The second-order valence-electron chi connectivity index (χ2n) is 6.09. The van der Waals surface area contributed by atoms with Crippen LogP contribution in [-0.4, -0.2) is 29.6 Å². The number of likely N-dealkylation sites (tertiary alicyclic amines) is 1. The van der Waals surface area contributed by atoms with E-state index in [9.17, 15) is 0 Å². The molecule has 82 valence electrons. The third-order valence-corrected chi connectivity index (χ3v) is 4.10. The van der Waals surface area contributed by atoms with E-state index in [0.29, 0.717) is 11.6 Å². The quantitative estimate of drug-likeness (QED) is 0.640. The molecule has 1 aliphatic heterocycles. The van der Waals surface area contributed by atoms with Gasteiger partial charge in [0.05, 0.1) is 0 Å². The normalized spacial score (nSPS) is 39.9. The van der Waals surface area contributed by atoms with Crippen LogP contribution in [0, 0.1) is 11.8 Å². The van der Waals surface area contributed by atoms with Crippen molar-refractivity contribution in [2.45, 2.75) is 51.6 Å². The highest BCUT2D eigenvalue weighted by molar-refractivity contribution is 4.96. The zero-order valence-electron chi connectivity index (χ0n) is 9.79. The van der Waals surface area contributed by atoms with Crippen LogP contribution in [0.25, 0.3) is 0 Å². The van der Waals surface area contributed by atoms with Crippen LogP contribution in [0.3, 0.4) is 0 Å². The molecule has 3 atom stereocenters. The third kappa shape index (κ3) is 1.82.